The van der Waals surface area contributed by atoms with Gasteiger partial charge in [-0.1, -0.05) is 12.8 Å². The fourth-order valence-electron chi connectivity index (χ4n) is 0.151. The van der Waals surface area contributed by atoms with E-state index in [1.54, 1.807) is 0 Å². The van der Waals surface area contributed by atoms with Gasteiger partial charge in [0.25, 0.3) is 0 Å². The highest BCUT2D eigenvalue weighted by Crippen LogP contribution is 2.06. The Morgan fingerprint density at radius 1 is 1.89 bits per heavy atom. The van der Waals surface area contributed by atoms with Crippen LogP contribution >= 0.6 is 25.4 Å². The third-order valence-corrected chi connectivity index (χ3v) is 2.16. The number of carbonyl (C=O) groups is 1. The summed E-state index contributed by atoms with van der Waals surface area (Å²) in [5.74, 6) is -0.737. The molecule has 0 aromatic carbocycles. The second kappa shape index (κ2) is 3.34. The van der Waals surface area contributed by atoms with Crippen molar-refractivity contribution in [3.63, 3.8) is 0 Å². The Balaban J connectivity index is 4.09. The van der Waals surface area contributed by atoms with Crippen LogP contribution in [0.15, 0.2) is 0 Å². The van der Waals surface area contributed by atoms with Crippen LogP contribution in [0.4, 0.5) is 0 Å². The van der Waals surface area contributed by atoms with Gasteiger partial charge in [0.15, 0.2) is 0 Å². The first-order valence-corrected chi connectivity index (χ1v) is 3.40. The van der Waals surface area contributed by atoms with Gasteiger partial charge in [-0.15, -0.1) is 0 Å². The molecule has 0 amide bonds. The van der Waals surface area contributed by atoms with E-state index in [0.717, 1.165) is 0 Å². The standard InChI is InChI=1S/C4H9NO2S2/c1-4(2-8,5-9)3(6)7/h5,8-9H,2H2,1H3,(H,6,7). The highest BCUT2D eigenvalue weighted by Gasteiger charge is 2.29. The van der Waals surface area contributed by atoms with Crippen LogP contribution in [0.1, 0.15) is 6.92 Å². The molecule has 0 spiro atoms. The molecule has 5 heteroatoms. The molecule has 0 heterocycles. The smallest absolute Gasteiger partial charge is 0.325 e. The molecule has 0 fully saturated rings. The monoisotopic (exact) mass is 167 g/mol. The molecule has 0 saturated carbocycles. The van der Waals surface area contributed by atoms with E-state index in [4.69, 9.17) is 5.11 Å². The Kier molecular flexibility index (Phi) is 3.38. The number of nitrogens with one attached hydrogen (secondary N) is 1. The Hall–Kier alpha value is 0.130. The van der Waals surface area contributed by atoms with Gasteiger partial charge in [-0.3, -0.25) is 4.79 Å². The zero-order valence-electron chi connectivity index (χ0n) is 4.96. The highest BCUT2D eigenvalue weighted by molar-refractivity contribution is 7.80. The molecule has 0 aromatic heterocycles. The van der Waals surface area contributed by atoms with Gasteiger partial charge in [-0.05, 0) is 6.92 Å². The van der Waals surface area contributed by atoms with Gasteiger partial charge < -0.3 is 5.11 Å². The molecule has 2 N–H and O–H groups in total. The highest BCUT2D eigenvalue weighted by atomic mass is 32.1. The number of aliphatic carboxylic acids is 1. The number of rotatable bonds is 3. The summed E-state index contributed by atoms with van der Waals surface area (Å²) < 4.78 is 2.35. The Morgan fingerprint density at radius 3 is 2.33 bits per heavy atom. The van der Waals surface area contributed by atoms with Gasteiger partial charge in [0.05, 0.1) is 0 Å². The quantitative estimate of drug-likeness (QED) is 0.454. The lowest BCUT2D eigenvalue weighted by Crippen LogP contribution is -2.46. The van der Waals surface area contributed by atoms with Crippen LogP contribution in [0.2, 0.25) is 0 Å². The zero-order valence-corrected chi connectivity index (χ0v) is 6.75. The van der Waals surface area contributed by atoms with Crippen LogP contribution in [-0.4, -0.2) is 22.4 Å². The minimum absolute atomic E-state index is 0.214. The van der Waals surface area contributed by atoms with Gasteiger partial charge in [0.1, 0.15) is 5.54 Å². The first-order valence-electron chi connectivity index (χ1n) is 2.32. The minimum Gasteiger partial charge on any atom is -0.480 e. The summed E-state index contributed by atoms with van der Waals surface area (Å²) in [5, 5.41) is 8.47. The topological polar surface area (TPSA) is 49.3 Å². The summed E-state index contributed by atoms with van der Waals surface area (Å²) in [7, 11) is 0. The maximum atomic E-state index is 10.3. The molecular formula is C4H9NO2S2. The van der Waals surface area contributed by atoms with Crippen LogP contribution in [0, 0.1) is 0 Å². The lowest BCUT2D eigenvalue weighted by Gasteiger charge is -2.19. The molecule has 0 rings (SSSR count). The van der Waals surface area contributed by atoms with Crippen molar-refractivity contribution < 1.29 is 9.90 Å². The molecule has 0 radical (unpaired) electrons. The molecule has 0 aliphatic heterocycles. The van der Waals surface area contributed by atoms with Gasteiger partial charge in [-0.25, -0.2) is 4.72 Å². The van der Waals surface area contributed by atoms with E-state index in [-0.39, 0.29) is 5.75 Å². The normalized spacial score (nSPS) is 16.8. The van der Waals surface area contributed by atoms with E-state index < -0.39 is 11.5 Å². The Morgan fingerprint density at radius 2 is 2.33 bits per heavy atom. The molecule has 0 saturated heterocycles. The third-order valence-electron chi connectivity index (χ3n) is 1.04. The van der Waals surface area contributed by atoms with E-state index in [9.17, 15) is 4.79 Å². The van der Waals surface area contributed by atoms with E-state index in [1.807, 2.05) is 0 Å². The average molecular weight is 167 g/mol. The van der Waals surface area contributed by atoms with E-state index in [0.29, 0.717) is 0 Å². The largest absolute Gasteiger partial charge is 0.480 e. The van der Waals surface area contributed by atoms with E-state index >= 15 is 0 Å². The molecular weight excluding hydrogens is 158 g/mol. The SMILES string of the molecule is CC(CS)(NS)C(=O)O. The maximum absolute atomic E-state index is 10.3. The van der Waals surface area contributed by atoms with Gasteiger partial charge in [0.2, 0.25) is 0 Å². The number of hydrogen-bond donors (Lipinski definition) is 4. The summed E-state index contributed by atoms with van der Waals surface area (Å²) in [6.45, 7) is 1.51. The zero-order chi connectivity index (χ0) is 7.49. The van der Waals surface area contributed by atoms with Crippen molar-refractivity contribution in [3.05, 3.63) is 0 Å². The predicted octanol–water partition coefficient (Wildman–Crippen LogP) is 0.194. The van der Waals surface area contributed by atoms with Crippen molar-refractivity contribution >= 4 is 31.4 Å². The van der Waals surface area contributed by atoms with Gasteiger partial charge in [-0.2, -0.15) is 12.6 Å². The van der Waals surface area contributed by atoms with Crippen molar-refractivity contribution in [1.82, 2.24) is 4.72 Å². The molecule has 0 aromatic rings. The summed E-state index contributed by atoms with van der Waals surface area (Å²) in [5.41, 5.74) is -1.02. The van der Waals surface area contributed by atoms with Crippen LogP contribution in [-0.2, 0) is 4.79 Å². The molecule has 0 aliphatic rings. The van der Waals surface area contributed by atoms with Crippen molar-refractivity contribution in [2.45, 2.75) is 12.5 Å². The number of carboxylic acids is 1. The van der Waals surface area contributed by atoms with Crippen molar-refractivity contribution in [2.24, 2.45) is 0 Å². The molecule has 3 nitrogen and oxygen atoms in total. The molecule has 0 bridgehead atoms. The van der Waals surface area contributed by atoms with Crippen LogP contribution < -0.4 is 4.72 Å². The van der Waals surface area contributed by atoms with Gasteiger partial charge >= 0.3 is 5.97 Å². The van der Waals surface area contributed by atoms with Crippen LogP contribution in [0.5, 0.6) is 0 Å². The first kappa shape index (κ1) is 9.13. The summed E-state index contributed by atoms with van der Waals surface area (Å²) in [6, 6.07) is 0. The van der Waals surface area contributed by atoms with E-state index in [1.165, 1.54) is 6.92 Å². The summed E-state index contributed by atoms with van der Waals surface area (Å²) in [4.78, 5) is 10.3. The Bertz CT molecular complexity index is 113. The first-order chi connectivity index (χ1) is 4.06. The maximum Gasteiger partial charge on any atom is 0.325 e. The molecule has 54 valence electrons. The molecule has 9 heavy (non-hydrogen) atoms. The van der Waals surface area contributed by atoms with Gasteiger partial charge in [0, 0.05) is 5.75 Å². The number of carboxylic acid groups (broad SMARTS) is 1. The average Bonchev–Trinajstić information content (AvgIpc) is 1.86. The molecule has 1 atom stereocenters. The molecule has 0 aliphatic carbocycles. The fourth-order valence-corrected chi connectivity index (χ4v) is 0.665. The second-order valence-corrected chi connectivity index (χ2v) is 2.45. The fraction of sp³-hybridized carbons (Fsp3) is 0.750. The molecule has 1 unspecified atom stereocenters. The Labute approximate surface area is 64.8 Å². The summed E-state index contributed by atoms with van der Waals surface area (Å²) >= 11 is 7.47. The number of hydrogen-bond acceptors (Lipinski definition) is 4. The third kappa shape index (κ3) is 2.08. The lowest BCUT2D eigenvalue weighted by atomic mass is 10.1. The van der Waals surface area contributed by atoms with Crippen LogP contribution in [0.25, 0.3) is 0 Å². The van der Waals surface area contributed by atoms with Crippen molar-refractivity contribution in [2.75, 3.05) is 5.75 Å². The van der Waals surface area contributed by atoms with Crippen molar-refractivity contribution in [1.29, 1.82) is 0 Å². The summed E-state index contributed by atoms with van der Waals surface area (Å²) in [6.07, 6.45) is 0. The van der Waals surface area contributed by atoms with Crippen molar-refractivity contribution in [3.8, 4) is 0 Å². The van der Waals surface area contributed by atoms with E-state index in [2.05, 4.69) is 30.2 Å². The lowest BCUT2D eigenvalue weighted by molar-refractivity contribution is -0.142. The van der Waals surface area contributed by atoms with Crippen LogP contribution in [0.3, 0.4) is 0 Å². The number of thiol groups is 2. The predicted molar refractivity (Wildman–Crippen MR) is 42.0 cm³/mol. The minimum atomic E-state index is -1.02. The second-order valence-electron chi connectivity index (χ2n) is 1.91.